The number of amides is 1. The van der Waals surface area contributed by atoms with Gasteiger partial charge in [0, 0.05) is 35.9 Å². The van der Waals surface area contributed by atoms with Crippen LogP contribution in [0.3, 0.4) is 0 Å². The van der Waals surface area contributed by atoms with E-state index in [0.717, 1.165) is 38.1 Å². The molecule has 7 nitrogen and oxygen atoms in total. The van der Waals surface area contributed by atoms with E-state index < -0.39 is 15.8 Å². The average Bonchev–Trinajstić information content (AvgIpc) is 3.40. The zero-order chi connectivity index (χ0) is 23.9. The molecule has 0 bridgehead atoms. The number of nitrogens with zero attached hydrogens (tertiary/aromatic N) is 3. The summed E-state index contributed by atoms with van der Waals surface area (Å²) in [7, 11) is -3.87. The lowest BCUT2D eigenvalue weighted by Gasteiger charge is -2.30. The standard InChI is InChI=1S/C24H23FN4O3S2/c1-16-9-11-28(12-10-16)23(30)22-15-33-24-26-21(14-29(22)24)17-3-2-4-19(13-17)27-34(31,32)20-7-5-18(25)6-8-20/h2-8,13-16,27H,9-12H2,1H3. The smallest absolute Gasteiger partial charge is 0.271 e. The van der Waals surface area contributed by atoms with Gasteiger partial charge in [-0.15, -0.1) is 11.3 Å². The Hall–Kier alpha value is -3.24. The van der Waals surface area contributed by atoms with Gasteiger partial charge >= 0.3 is 0 Å². The van der Waals surface area contributed by atoms with Crippen molar-refractivity contribution in [2.75, 3.05) is 17.8 Å². The molecular weight excluding hydrogens is 475 g/mol. The average molecular weight is 499 g/mol. The van der Waals surface area contributed by atoms with Gasteiger partial charge in [-0.25, -0.2) is 17.8 Å². The van der Waals surface area contributed by atoms with Crippen molar-refractivity contribution in [2.24, 2.45) is 5.92 Å². The summed E-state index contributed by atoms with van der Waals surface area (Å²) in [6.07, 6.45) is 3.82. The van der Waals surface area contributed by atoms with Crippen molar-refractivity contribution < 1.29 is 17.6 Å². The monoisotopic (exact) mass is 498 g/mol. The molecule has 1 fully saturated rings. The summed E-state index contributed by atoms with van der Waals surface area (Å²) in [5.41, 5.74) is 2.29. The van der Waals surface area contributed by atoms with Gasteiger partial charge in [-0.3, -0.25) is 13.9 Å². The number of hydrogen-bond acceptors (Lipinski definition) is 5. The highest BCUT2D eigenvalue weighted by Gasteiger charge is 2.24. The van der Waals surface area contributed by atoms with Gasteiger partial charge < -0.3 is 4.90 Å². The molecule has 2 aromatic carbocycles. The molecule has 2 aromatic heterocycles. The molecule has 1 amide bonds. The Morgan fingerprint density at radius 3 is 2.62 bits per heavy atom. The Balaban J connectivity index is 1.40. The van der Waals surface area contributed by atoms with Gasteiger partial charge in [-0.1, -0.05) is 19.1 Å². The second-order valence-electron chi connectivity index (χ2n) is 8.51. The highest BCUT2D eigenvalue weighted by Crippen LogP contribution is 2.28. The molecular formula is C24H23FN4O3S2. The number of thiazole rings is 1. The van der Waals surface area contributed by atoms with Crippen LogP contribution in [-0.2, 0) is 10.0 Å². The number of halogens is 1. The van der Waals surface area contributed by atoms with Crippen molar-refractivity contribution >= 4 is 37.9 Å². The normalized spacial score (nSPS) is 15.1. The molecule has 4 aromatic rings. The number of sulfonamides is 1. The van der Waals surface area contributed by atoms with Gasteiger partial charge in [0.15, 0.2) is 4.96 Å². The van der Waals surface area contributed by atoms with Crippen LogP contribution in [0.25, 0.3) is 16.2 Å². The fraction of sp³-hybridized carbons (Fsp3) is 0.250. The number of likely N-dealkylation sites (tertiary alicyclic amines) is 1. The summed E-state index contributed by atoms with van der Waals surface area (Å²) >= 11 is 1.40. The van der Waals surface area contributed by atoms with Crippen LogP contribution in [0.1, 0.15) is 30.3 Å². The lowest BCUT2D eigenvalue weighted by molar-refractivity contribution is 0.0690. The van der Waals surface area contributed by atoms with E-state index in [9.17, 15) is 17.6 Å². The molecule has 0 radical (unpaired) electrons. The van der Waals surface area contributed by atoms with Crippen LogP contribution in [0.5, 0.6) is 0 Å². The van der Waals surface area contributed by atoms with Crippen LogP contribution in [0, 0.1) is 11.7 Å². The number of aromatic nitrogens is 2. The van der Waals surface area contributed by atoms with Gasteiger partial charge in [0.2, 0.25) is 0 Å². The highest BCUT2D eigenvalue weighted by atomic mass is 32.2. The Bertz CT molecular complexity index is 1450. The fourth-order valence-electron chi connectivity index (χ4n) is 4.02. The highest BCUT2D eigenvalue weighted by molar-refractivity contribution is 7.92. The number of anilines is 1. The summed E-state index contributed by atoms with van der Waals surface area (Å²) in [4.78, 5) is 20.3. The summed E-state index contributed by atoms with van der Waals surface area (Å²) in [5.74, 6) is 0.135. The van der Waals surface area contributed by atoms with E-state index >= 15 is 0 Å². The number of carbonyl (C=O) groups is 1. The van der Waals surface area contributed by atoms with E-state index in [4.69, 9.17) is 0 Å². The molecule has 0 spiro atoms. The van der Waals surface area contributed by atoms with Crippen LogP contribution in [-0.4, -0.2) is 41.7 Å². The minimum Gasteiger partial charge on any atom is -0.337 e. The Morgan fingerprint density at radius 2 is 1.88 bits per heavy atom. The van der Waals surface area contributed by atoms with E-state index in [0.29, 0.717) is 33.5 Å². The first-order valence-electron chi connectivity index (χ1n) is 10.9. The second-order valence-corrected chi connectivity index (χ2v) is 11.0. The number of rotatable bonds is 5. The van der Waals surface area contributed by atoms with Crippen LogP contribution in [0.4, 0.5) is 10.1 Å². The first-order chi connectivity index (χ1) is 16.3. The Morgan fingerprint density at radius 1 is 1.15 bits per heavy atom. The van der Waals surface area contributed by atoms with Gasteiger partial charge in [-0.05, 0) is 55.2 Å². The summed E-state index contributed by atoms with van der Waals surface area (Å²) in [6, 6.07) is 11.5. The molecule has 34 heavy (non-hydrogen) atoms. The lowest BCUT2D eigenvalue weighted by atomic mass is 9.99. The lowest BCUT2D eigenvalue weighted by Crippen LogP contribution is -2.38. The topological polar surface area (TPSA) is 83.8 Å². The number of piperidine rings is 1. The van der Waals surface area contributed by atoms with Crippen molar-refractivity contribution in [3.63, 3.8) is 0 Å². The van der Waals surface area contributed by atoms with Crippen molar-refractivity contribution in [3.8, 4) is 11.3 Å². The quantitative estimate of drug-likeness (QED) is 0.425. The van der Waals surface area contributed by atoms with Gasteiger partial charge in [0.25, 0.3) is 15.9 Å². The maximum Gasteiger partial charge on any atom is 0.271 e. The third-order valence-corrected chi connectivity index (χ3v) is 8.27. The van der Waals surface area contributed by atoms with Crippen molar-refractivity contribution in [3.05, 3.63) is 71.6 Å². The largest absolute Gasteiger partial charge is 0.337 e. The van der Waals surface area contributed by atoms with E-state index in [1.807, 2.05) is 16.3 Å². The first kappa shape index (κ1) is 22.5. The van der Waals surface area contributed by atoms with E-state index in [1.165, 1.54) is 23.5 Å². The zero-order valence-electron chi connectivity index (χ0n) is 18.4. The molecule has 5 rings (SSSR count). The molecule has 10 heteroatoms. The molecule has 1 aliphatic heterocycles. The predicted molar refractivity (Wildman–Crippen MR) is 130 cm³/mol. The number of nitrogens with one attached hydrogen (secondary N) is 1. The number of carbonyl (C=O) groups excluding carboxylic acids is 1. The zero-order valence-corrected chi connectivity index (χ0v) is 20.1. The third kappa shape index (κ3) is 4.43. The van der Waals surface area contributed by atoms with E-state index in [2.05, 4.69) is 16.6 Å². The fourth-order valence-corrected chi connectivity index (χ4v) is 5.92. The van der Waals surface area contributed by atoms with Crippen molar-refractivity contribution in [1.29, 1.82) is 0 Å². The molecule has 0 saturated carbocycles. The van der Waals surface area contributed by atoms with Gasteiger partial charge in [0.05, 0.1) is 10.6 Å². The third-order valence-electron chi connectivity index (χ3n) is 6.03. The minimum atomic E-state index is -3.87. The maximum absolute atomic E-state index is 13.2. The molecule has 0 unspecified atom stereocenters. The van der Waals surface area contributed by atoms with E-state index in [1.54, 1.807) is 28.8 Å². The van der Waals surface area contributed by atoms with Gasteiger partial charge in [-0.2, -0.15) is 0 Å². The molecule has 1 N–H and O–H groups in total. The maximum atomic E-state index is 13.2. The van der Waals surface area contributed by atoms with Crippen molar-refractivity contribution in [1.82, 2.24) is 14.3 Å². The Labute approximate surface area is 200 Å². The summed E-state index contributed by atoms with van der Waals surface area (Å²) < 4.78 is 42.8. The number of imidazole rings is 1. The van der Waals surface area contributed by atoms with Crippen molar-refractivity contribution in [2.45, 2.75) is 24.7 Å². The van der Waals surface area contributed by atoms with Crippen LogP contribution in [0.15, 0.2) is 65.0 Å². The summed E-state index contributed by atoms with van der Waals surface area (Å²) in [5, 5.41) is 1.83. The molecule has 1 saturated heterocycles. The van der Waals surface area contributed by atoms with Crippen LogP contribution < -0.4 is 4.72 Å². The molecule has 0 aliphatic carbocycles. The number of hydrogen-bond donors (Lipinski definition) is 1. The van der Waals surface area contributed by atoms with Gasteiger partial charge in [0.1, 0.15) is 11.5 Å². The van der Waals surface area contributed by atoms with E-state index in [-0.39, 0.29) is 10.8 Å². The molecule has 1 aliphatic rings. The predicted octanol–water partition coefficient (Wildman–Crippen LogP) is 4.87. The summed E-state index contributed by atoms with van der Waals surface area (Å²) in [6.45, 7) is 3.73. The van der Waals surface area contributed by atoms with Crippen LogP contribution >= 0.6 is 11.3 Å². The number of benzene rings is 2. The van der Waals surface area contributed by atoms with Crippen LogP contribution in [0.2, 0.25) is 0 Å². The second kappa shape index (κ2) is 8.84. The SMILES string of the molecule is CC1CCN(C(=O)c2csc3nc(-c4cccc(NS(=O)(=O)c5ccc(F)cc5)c4)cn23)CC1. The first-order valence-corrected chi connectivity index (χ1v) is 13.3. The Kier molecular flexibility index (Phi) is 5.86. The molecule has 0 atom stereocenters. The number of fused-ring (bicyclic) bond motifs is 1. The minimum absolute atomic E-state index is 0.00269. The molecule has 3 heterocycles. The molecule has 176 valence electrons.